The summed E-state index contributed by atoms with van der Waals surface area (Å²) in [6.07, 6.45) is 8.59. The first-order valence-corrected chi connectivity index (χ1v) is 13.7. The van der Waals surface area contributed by atoms with Crippen LogP contribution in [0, 0.1) is 5.92 Å². The molecule has 1 amide bonds. The van der Waals surface area contributed by atoms with Crippen molar-refractivity contribution in [2.45, 2.75) is 55.1 Å². The molecular weight excluding hydrogens is 432 g/mol. The van der Waals surface area contributed by atoms with Gasteiger partial charge in [-0.25, -0.2) is 8.42 Å². The van der Waals surface area contributed by atoms with Gasteiger partial charge in [-0.15, -0.1) is 0 Å². The van der Waals surface area contributed by atoms with Crippen LogP contribution in [0.3, 0.4) is 0 Å². The summed E-state index contributed by atoms with van der Waals surface area (Å²) in [6, 6.07) is 14.7. The van der Waals surface area contributed by atoms with Crippen LogP contribution in [-0.2, 0) is 27.4 Å². The smallest absolute Gasteiger partial charge is 0.225 e. The van der Waals surface area contributed by atoms with E-state index in [1.54, 1.807) is 24.3 Å². The van der Waals surface area contributed by atoms with Gasteiger partial charge in [0.05, 0.1) is 10.6 Å². The predicted molar refractivity (Wildman–Crippen MR) is 131 cm³/mol. The fourth-order valence-corrected chi connectivity index (χ4v) is 7.01. The van der Waals surface area contributed by atoms with Crippen LogP contribution < -0.4 is 0 Å². The van der Waals surface area contributed by atoms with Crippen molar-refractivity contribution in [1.29, 1.82) is 0 Å². The summed E-state index contributed by atoms with van der Waals surface area (Å²) in [5.41, 5.74) is 3.21. The molecule has 174 valence electrons. The van der Waals surface area contributed by atoms with E-state index in [1.165, 1.54) is 18.4 Å². The number of amides is 1. The Morgan fingerprint density at radius 3 is 2.36 bits per heavy atom. The number of rotatable bonds is 5. The topological polar surface area (TPSA) is 59.4 Å². The lowest BCUT2D eigenvalue weighted by molar-refractivity contribution is -0.136. The van der Waals surface area contributed by atoms with Crippen molar-refractivity contribution in [2.75, 3.05) is 13.1 Å². The van der Waals surface area contributed by atoms with Gasteiger partial charge in [0, 0.05) is 43.2 Å². The van der Waals surface area contributed by atoms with Crippen LogP contribution >= 0.6 is 0 Å². The molecule has 5 nitrogen and oxygen atoms in total. The van der Waals surface area contributed by atoms with Crippen molar-refractivity contribution in [3.63, 3.8) is 0 Å². The van der Waals surface area contributed by atoms with Crippen molar-refractivity contribution >= 4 is 26.6 Å². The number of hydrogen-bond acceptors (Lipinski definition) is 3. The number of fused-ring (bicyclic) bond motifs is 1. The minimum Gasteiger partial charge on any atom is -0.350 e. The monoisotopic (exact) mass is 464 g/mol. The number of carbonyl (C=O) groups is 1. The van der Waals surface area contributed by atoms with E-state index in [9.17, 15) is 13.2 Å². The summed E-state index contributed by atoms with van der Waals surface area (Å²) in [4.78, 5) is 15.3. The Kier molecular flexibility index (Phi) is 6.04. The third-order valence-corrected chi connectivity index (χ3v) is 9.20. The van der Waals surface area contributed by atoms with Gasteiger partial charge in [0.1, 0.15) is 0 Å². The second kappa shape index (κ2) is 8.98. The van der Waals surface area contributed by atoms with E-state index in [2.05, 4.69) is 21.7 Å². The Balaban J connectivity index is 1.35. The molecule has 1 saturated carbocycles. The number of aryl methyl sites for hydroxylation is 1. The second-order valence-corrected chi connectivity index (χ2v) is 11.7. The van der Waals surface area contributed by atoms with E-state index in [4.69, 9.17) is 0 Å². The largest absolute Gasteiger partial charge is 0.350 e. The summed E-state index contributed by atoms with van der Waals surface area (Å²) < 4.78 is 27.9. The zero-order valence-corrected chi connectivity index (χ0v) is 20.1. The SMILES string of the molecule is Cn1cc(C2CCN(C(=O)C3CCCC3)CC2)c2cc(CS(=O)(=O)c3ccccc3)ccc21. The average Bonchev–Trinajstić information content (AvgIpc) is 3.48. The molecule has 0 bridgehead atoms. The summed E-state index contributed by atoms with van der Waals surface area (Å²) in [5, 5.41) is 1.14. The van der Waals surface area contributed by atoms with E-state index < -0.39 is 9.84 Å². The fourth-order valence-electron chi connectivity index (χ4n) is 5.66. The van der Waals surface area contributed by atoms with Crippen molar-refractivity contribution in [3.8, 4) is 0 Å². The number of hydrogen-bond donors (Lipinski definition) is 0. The zero-order chi connectivity index (χ0) is 23.0. The lowest BCUT2D eigenvalue weighted by Crippen LogP contribution is -2.40. The second-order valence-electron chi connectivity index (χ2n) is 9.70. The molecule has 0 radical (unpaired) electrons. The van der Waals surface area contributed by atoms with Crippen LogP contribution in [-0.4, -0.2) is 36.9 Å². The molecule has 2 aliphatic rings. The molecule has 1 aliphatic heterocycles. The van der Waals surface area contributed by atoms with E-state index in [-0.39, 0.29) is 11.7 Å². The average molecular weight is 465 g/mol. The van der Waals surface area contributed by atoms with Gasteiger partial charge in [0.25, 0.3) is 0 Å². The fraction of sp³-hybridized carbons (Fsp3) is 0.444. The van der Waals surface area contributed by atoms with Gasteiger partial charge in [-0.1, -0.05) is 37.1 Å². The molecule has 0 unspecified atom stereocenters. The molecule has 33 heavy (non-hydrogen) atoms. The molecule has 2 fully saturated rings. The lowest BCUT2D eigenvalue weighted by Gasteiger charge is -2.33. The molecule has 0 atom stereocenters. The van der Waals surface area contributed by atoms with Crippen molar-refractivity contribution in [3.05, 3.63) is 65.9 Å². The van der Waals surface area contributed by atoms with Gasteiger partial charge in [-0.05, 0) is 67.0 Å². The van der Waals surface area contributed by atoms with E-state index in [0.717, 1.165) is 55.2 Å². The molecule has 6 heteroatoms. The Hall–Kier alpha value is -2.60. The van der Waals surface area contributed by atoms with Gasteiger partial charge in [-0.3, -0.25) is 4.79 Å². The van der Waals surface area contributed by atoms with E-state index in [1.807, 2.05) is 25.2 Å². The first-order chi connectivity index (χ1) is 15.9. The zero-order valence-electron chi connectivity index (χ0n) is 19.2. The number of piperidine rings is 1. The van der Waals surface area contributed by atoms with Gasteiger partial charge >= 0.3 is 0 Å². The van der Waals surface area contributed by atoms with Crippen LogP contribution in [0.1, 0.15) is 55.6 Å². The number of sulfone groups is 1. The van der Waals surface area contributed by atoms with E-state index in [0.29, 0.717) is 16.7 Å². The van der Waals surface area contributed by atoms with Crippen molar-refractivity contribution < 1.29 is 13.2 Å². The van der Waals surface area contributed by atoms with Gasteiger partial charge in [-0.2, -0.15) is 0 Å². The molecule has 3 aromatic rings. The molecule has 1 aromatic heterocycles. The Morgan fingerprint density at radius 2 is 1.67 bits per heavy atom. The molecule has 5 rings (SSSR count). The Bertz CT molecular complexity index is 1250. The summed E-state index contributed by atoms with van der Waals surface area (Å²) in [5.74, 6) is 0.989. The quantitative estimate of drug-likeness (QED) is 0.531. The maximum Gasteiger partial charge on any atom is 0.225 e. The molecule has 2 heterocycles. The number of likely N-dealkylation sites (tertiary alicyclic amines) is 1. The minimum absolute atomic E-state index is 0.00434. The highest BCUT2D eigenvalue weighted by molar-refractivity contribution is 7.90. The van der Waals surface area contributed by atoms with E-state index >= 15 is 0 Å². The third-order valence-electron chi connectivity index (χ3n) is 7.49. The van der Waals surface area contributed by atoms with Gasteiger partial charge < -0.3 is 9.47 Å². The normalized spacial score (nSPS) is 18.3. The Morgan fingerprint density at radius 1 is 0.970 bits per heavy atom. The molecule has 0 spiro atoms. The molecular formula is C27H32N2O3S. The maximum absolute atomic E-state index is 12.9. The summed E-state index contributed by atoms with van der Waals surface area (Å²) in [6.45, 7) is 1.64. The molecule has 0 N–H and O–H groups in total. The van der Waals surface area contributed by atoms with Crippen LogP contribution in [0.15, 0.2) is 59.6 Å². The summed E-state index contributed by atoms with van der Waals surface area (Å²) in [7, 11) is -1.34. The summed E-state index contributed by atoms with van der Waals surface area (Å²) >= 11 is 0. The van der Waals surface area contributed by atoms with Gasteiger partial charge in [0.2, 0.25) is 5.91 Å². The standard InChI is InChI=1S/C27H32N2O3S/c1-28-18-25(21-13-15-29(16-14-21)27(30)22-7-5-6-8-22)24-17-20(11-12-26(24)28)19-33(31,32)23-9-3-2-4-10-23/h2-4,9-12,17-18,21-22H,5-8,13-16,19H2,1H3. The number of nitrogens with zero attached hydrogens (tertiary/aromatic N) is 2. The minimum atomic E-state index is -3.39. The third kappa shape index (κ3) is 4.45. The highest BCUT2D eigenvalue weighted by Crippen LogP contribution is 2.36. The van der Waals surface area contributed by atoms with Crippen LogP contribution in [0.2, 0.25) is 0 Å². The number of aromatic nitrogens is 1. The highest BCUT2D eigenvalue weighted by atomic mass is 32.2. The predicted octanol–water partition coefficient (Wildman–Crippen LogP) is 5.05. The van der Waals surface area contributed by atoms with Crippen LogP contribution in [0.25, 0.3) is 10.9 Å². The highest BCUT2D eigenvalue weighted by Gasteiger charge is 2.31. The molecule has 1 saturated heterocycles. The number of carbonyl (C=O) groups excluding carboxylic acids is 1. The van der Waals surface area contributed by atoms with Crippen molar-refractivity contribution in [1.82, 2.24) is 9.47 Å². The number of benzene rings is 2. The van der Waals surface area contributed by atoms with Crippen LogP contribution in [0.5, 0.6) is 0 Å². The van der Waals surface area contributed by atoms with Crippen molar-refractivity contribution in [2.24, 2.45) is 13.0 Å². The Labute approximate surface area is 196 Å². The van der Waals surface area contributed by atoms with Gasteiger partial charge in [0.15, 0.2) is 9.84 Å². The first kappa shape index (κ1) is 22.2. The van der Waals surface area contributed by atoms with Crippen LogP contribution in [0.4, 0.5) is 0 Å². The molecule has 2 aromatic carbocycles. The first-order valence-electron chi connectivity index (χ1n) is 12.1. The molecule has 1 aliphatic carbocycles. The lowest BCUT2D eigenvalue weighted by atomic mass is 9.88. The maximum atomic E-state index is 12.9.